The van der Waals surface area contributed by atoms with E-state index < -0.39 is 16.6 Å². The lowest BCUT2D eigenvalue weighted by Crippen LogP contribution is -2.35. The lowest BCUT2D eigenvalue weighted by molar-refractivity contribution is -0.385. The van der Waals surface area contributed by atoms with Gasteiger partial charge in [0.15, 0.2) is 0 Å². The van der Waals surface area contributed by atoms with E-state index in [0.717, 1.165) is 30.1 Å². The van der Waals surface area contributed by atoms with E-state index in [1.54, 1.807) is 11.8 Å². The Morgan fingerprint density at radius 2 is 2.32 bits per heavy atom. The monoisotopic (exact) mass is 284 g/mol. The highest BCUT2D eigenvalue weighted by molar-refractivity contribution is 7.99. The van der Waals surface area contributed by atoms with Crippen molar-refractivity contribution in [1.82, 2.24) is 5.32 Å². The lowest BCUT2D eigenvalue weighted by Gasteiger charge is -2.12. The molecular formula is C12H13FN2O3S. The summed E-state index contributed by atoms with van der Waals surface area (Å²) < 4.78 is 13.9. The molecule has 5 nitrogen and oxygen atoms in total. The Morgan fingerprint density at radius 3 is 2.89 bits per heavy atom. The number of nitro groups is 1. The fourth-order valence-electron chi connectivity index (χ4n) is 1.93. The van der Waals surface area contributed by atoms with Crippen LogP contribution in [0.1, 0.15) is 22.3 Å². The number of rotatable bonds is 3. The highest BCUT2D eigenvalue weighted by atomic mass is 32.2. The molecule has 1 aliphatic heterocycles. The minimum absolute atomic E-state index is 0.0106. The number of thioether (sulfide) groups is 1. The zero-order chi connectivity index (χ0) is 14.0. The van der Waals surface area contributed by atoms with E-state index in [0.29, 0.717) is 0 Å². The number of benzene rings is 1. The van der Waals surface area contributed by atoms with Crippen LogP contribution in [0.5, 0.6) is 0 Å². The maximum absolute atomic E-state index is 13.9. The van der Waals surface area contributed by atoms with Crippen molar-refractivity contribution in [2.45, 2.75) is 19.4 Å². The molecule has 7 heteroatoms. The Balaban J connectivity index is 2.26. The summed E-state index contributed by atoms with van der Waals surface area (Å²) >= 11 is 1.72. The van der Waals surface area contributed by atoms with Crippen LogP contribution in [0.4, 0.5) is 10.1 Å². The molecule has 0 saturated carbocycles. The van der Waals surface area contributed by atoms with Crippen molar-refractivity contribution in [2.24, 2.45) is 0 Å². The van der Waals surface area contributed by atoms with Gasteiger partial charge in [0.25, 0.3) is 11.6 Å². The lowest BCUT2D eigenvalue weighted by atomic mass is 10.1. The minimum atomic E-state index is -0.700. The van der Waals surface area contributed by atoms with Crippen LogP contribution in [-0.4, -0.2) is 28.4 Å². The van der Waals surface area contributed by atoms with Gasteiger partial charge in [-0.25, -0.2) is 4.39 Å². The summed E-state index contributed by atoms with van der Waals surface area (Å²) in [5, 5.41) is 13.4. The number of aryl methyl sites for hydroxylation is 1. The first-order valence-corrected chi connectivity index (χ1v) is 6.97. The number of hydrogen-bond donors (Lipinski definition) is 1. The first-order chi connectivity index (χ1) is 8.99. The Hall–Kier alpha value is -1.63. The number of nitrogens with one attached hydrogen (secondary N) is 1. The van der Waals surface area contributed by atoms with Crippen LogP contribution >= 0.6 is 11.8 Å². The Labute approximate surface area is 113 Å². The second kappa shape index (κ2) is 5.56. The van der Waals surface area contributed by atoms with Gasteiger partial charge in [-0.15, -0.1) is 0 Å². The third-order valence-electron chi connectivity index (χ3n) is 2.96. The van der Waals surface area contributed by atoms with E-state index >= 15 is 0 Å². The van der Waals surface area contributed by atoms with Crippen LogP contribution < -0.4 is 5.32 Å². The molecular weight excluding hydrogens is 271 g/mol. The molecule has 1 aromatic rings. The highest BCUT2D eigenvalue weighted by Crippen LogP contribution is 2.22. The van der Waals surface area contributed by atoms with Crippen LogP contribution in [0.3, 0.4) is 0 Å². The molecule has 0 bridgehead atoms. The molecule has 19 heavy (non-hydrogen) atoms. The molecule has 1 N–H and O–H groups in total. The number of carbonyl (C=O) groups is 1. The summed E-state index contributed by atoms with van der Waals surface area (Å²) in [5.41, 5.74) is -0.436. The standard InChI is InChI=1S/C12H13FN2O3S/c1-7-4-9(15(17)18)5-10(11(7)13)12(16)14-8-2-3-19-6-8/h4-5,8H,2-3,6H2,1H3,(H,14,16). The fourth-order valence-corrected chi connectivity index (χ4v) is 3.09. The van der Waals surface area contributed by atoms with Crippen molar-refractivity contribution in [3.8, 4) is 0 Å². The summed E-state index contributed by atoms with van der Waals surface area (Å²) in [6, 6.07) is 2.12. The molecule has 0 radical (unpaired) electrons. The first kappa shape index (κ1) is 13.8. The van der Waals surface area contributed by atoms with Crippen molar-refractivity contribution in [2.75, 3.05) is 11.5 Å². The van der Waals surface area contributed by atoms with Gasteiger partial charge in [-0.1, -0.05) is 0 Å². The topological polar surface area (TPSA) is 72.2 Å². The number of nitrogens with zero attached hydrogens (tertiary/aromatic N) is 1. The average Bonchev–Trinajstić information content (AvgIpc) is 2.84. The van der Waals surface area contributed by atoms with Gasteiger partial charge >= 0.3 is 0 Å². The number of non-ortho nitro benzene ring substituents is 1. The third kappa shape index (κ3) is 3.04. The van der Waals surface area contributed by atoms with Crippen molar-refractivity contribution >= 4 is 23.4 Å². The second-order valence-corrected chi connectivity index (χ2v) is 5.57. The van der Waals surface area contributed by atoms with Crippen LogP contribution in [0, 0.1) is 22.9 Å². The zero-order valence-electron chi connectivity index (χ0n) is 10.3. The van der Waals surface area contributed by atoms with Gasteiger partial charge in [-0.2, -0.15) is 11.8 Å². The predicted molar refractivity (Wildman–Crippen MR) is 71.0 cm³/mol. The SMILES string of the molecule is Cc1cc([N+](=O)[O-])cc(C(=O)NC2CCSC2)c1F. The molecule has 0 spiro atoms. The van der Waals surface area contributed by atoms with Gasteiger partial charge in [0.1, 0.15) is 5.82 Å². The Morgan fingerprint density at radius 1 is 1.58 bits per heavy atom. The molecule has 1 atom stereocenters. The van der Waals surface area contributed by atoms with Crippen molar-refractivity contribution in [3.63, 3.8) is 0 Å². The van der Waals surface area contributed by atoms with Gasteiger partial charge < -0.3 is 5.32 Å². The van der Waals surface area contributed by atoms with Gasteiger partial charge in [0.2, 0.25) is 0 Å². The predicted octanol–water partition coefficient (Wildman–Crippen LogP) is 2.28. The van der Waals surface area contributed by atoms with Gasteiger partial charge in [-0.3, -0.25) is 14.9 Å². The van der Waals surface area contributed by atoms with Crippen LogP contribution in [0.15, 0.2) is 12.1 Å². The van der Waals surface area contributed by atoms with E-state index in [2.05, 4.69) is 5.32 Å². The maximum atomic E-state index is 13.9. The van der Waals surface area contributed by atoms with Crippen LogP contribution in [-0.2, 0) is 0 Å². The molecule has 0 aromatic heterocycles. The summed E-state index contributed by atoms with van der Waals surface area (Å²) in [7, 11) is 0. The summed E-state index contributed by atoms with van der Waals surface area (Å²) in [6.45, 7) is 1.41. The highest BCUT2D eigenvalue weighted by Gasteiger charge is 2.23. The van der Waals surface area contributed by atoms with Crippen molar-refractivity contribution in [3.05, 3.63) is 39.2 Å². The number of carbonyl (C=O) groups excluding carboxylic acids is 1. The largest absolute Gasteiger partial charge is 0.348 e. The molecule has 1 aliphatic rings. The fraction of sp³-hybridized carbons (Fsp3) is 0.417. The molecule has 1 heterocycles. The molecule has 2 rings (SSSR count). The van der Waals surface area contributed by atoms with Gasteiger partial charge in [-0.05, 0) is 24.7 Å². The van der Waals surface area contributed by atoms with Crippen molar-refractivity contribution in [1.29, 1.82) is 0 Å². The van der Waals surface area contributed by atoms with E-state index in [4.69, 9.17) is 0 Å². The normalized spacial score (nSPS) is 18.3. The number of amides is 1. The van der Waals surface area contributed by atoms with E-state index in [9.17, 15) is 19.3 Å². The Kier molecular flexibility index (Phi) is 4.04. The molecule has 1 fully saturated rings. The van der Waals surface area contributed by atoms with Gasteiger partial charge in [0, 0.05) is 23.9 Å². The molecule has 1 unspecified atom stereocenters. The third-order valence-corrected chi connectivity index (χ3v) is 4.12. The number of halogens is 1. The molecule has 1 saturated heterocycles. The first-order valence-electron chi connectivity index (χ1n) is 5.82. The van der Waals surface area contributed by atoms with Crippen LogP contribution in [0.25, 0.3) is 0 Å². The average molecular weight is 284 g/mol. The summed E-state index contributed by atoms with van der Waals surface area (Å²) in [6.07, 6.45) is 0.839. The van der Waals surface area contributed by atoms with Gasteiger partial charge in [0.05, 0.1) is 10.5 Å². The smallest absolute Gasteiger partial charge is 0.270 e. The van der Waals surface area contributed by atoms with Crippen LogP contribution in [0.2, 0.25) is 0 Å². The molecule has 102 valence electrons. The van der Waals surface area contributed by atoms with Crippen molar-refractivity contribution < 1.29 is 14.1 Å². The molecule has 0 aliphatic carbocycles. The molecule has 1 aromatic carbocycles. The van der Waals surface area contributed by atoms with E-state index in [1.807, 2.05) is 0 Å². The number of nitro benzene ring substituents is 1. The van der Waals surface area contributed by atoms with E-state index in [1.165, 1.54) is 6.92 Å². The number of hydrogen-bond acceptors (Lipinski definition) is 4. The summed E-state index contributed by atoms with van der Waals surface area (Å²) in [5.74, 6) is 0.466. The quantitative estimate of drug-likeness (QED) is 0.682. The summed E-state index contributed by atoms with van der Waals surface area (Å²) in [4.78, 5) is 22.1. The molecule has 1 amide bonds. The second-order valence-electron chi connectivity index (χ2n) is 4.42. The van der Waals surface area contributed by atoms with E-state index in [-0.39, 0.29) is 22.9 Å². The maximum Gasteiger partial charge on any atom is 0.270 e. The minimum Gasteiger partial charge on any atom is -0.348 e. The zero-order valence-corrected chi connectivity index (χ0v) is 11.1. The Bertz CT molecular complexity index is 530.